The van der Waals surface area contributed by atoms with Gasteiger partial charge in [-0.15, -0.1) is 11.8 Å². The van der Waals surface area contributed by atoms with Crippen LogP contribution in [0, 0.1) is 5.92 Å². The smallest absolute Gasteiger partial charge is 0.407 e. The average molecular weight is 495 g/mol. The van der Waals surface area contributed by atoms with Crippen LogP contribution < -0.4 is 5.32 Å². The molecule has 0 aromatic heterocycles. The van der Waals surface area contributed by atoms with Gasteiger partial charge in [-0.25, -0.2) is 9.59 Å². The molecule has 0 bridgehead atoms. The molecule has 0 spiro atoms. The number of aliphatic carboxylic acids is 1. The second-order valence-electron chi connectivity index (χ2n) is 9.43. The number of carboxylic acid groups (broad SMARTS) is 1. The minimum atomic E-state index is -1.00. The number of amides is 2. The van der Waals surface area contributed by atoms with Crippen LogP contribution in [0.4, 0.5) is 4.79 Å². The van der Waals surface area contributed by atoms with Gasteiger partial charge in [-0.3, -0.25) is 4.79 Å². The van der Waals surface area contributed by atoms with Gasteiger partial charge in [0.1, 0.15) is 18.7 Å². The average Bonchev–Trinajstić information content (AvgIpc) is 3.40. The number of carbonyl (C=O) groups is 3. The van der Waals surface area contributed by atoms with Gasteiger partial charge in [0, 0.05) is 11.7 Å². The lowest BCUT2D eigenvalue weighted by atomic mass is 9.79. The highest BCUT2D eigenvalue weighted by molar-refractivity contribution is 8.00. The van der Waals surface area contributed by atoms with Gasteiger partial charge in [-0.1, -0.05) is 61.9 Å². The summed E-state index contributed by atoms with van der Waals surface area (Å²) < 4.78 is 5.69. The molecule has 1 saturated carbocycles. The van der Waals surface area contributed by atoms with Gasteiger partial charge < -0.3 is 20.1 Å². The number of alkyl carbamates (subject to hydrolysis) is 1. The molecule has 0 radical (unpaired) electrons. The molecule has 3 unspecified atom stereocenters. The lowest BCUT2D eigenvalue weighted by Gasteiger charge is -2.37. The number of nitrogens with one attached hydrogen (secondary N) is 1. The van der Waals surface area contributed by atoms with Crippen LogP contribution in [0.1, 0.15) is 49.7 Å². The molecule has 3 aliphatic rings. The Balaban J connectivity index is 1.30. The lowest BCUT2D eigenvalue weighted by Crippen LogP contribution is -2.57. The van der Waals surface area contributed by atoms with Crippen molar-refractivity contribution in [3.63, 3.8) is 0 Å². The quantitative estimate of drug-likeness (QED) is 0.590. The van der Waals surface area contributed by atoms with Gasteiger partial charge in [-0.2, -0.15) is 0 Å². The second-order valence-corrected chi connectivity index (χ2v) is 10.6. The molecule has 3 atom stereocenters. The SMILES string of the molecule is CCC1SCC(C(=O)O)N1C(=O)C(NC(=O)OCC1c2ccccc2-c2ccccc21)C1CCC1. The van der Waals surface area contributed by atoms with Crippen LogP contribution in [0.5, 0.6) is 0 Å². The van der Waals surface area contributed by atoms with E-state index in [0.717, 1.165) is 41.5 Å². The van der Waals surface area contributed by atoms with Crippen molar-refractivity contribution < 1.29 is 24.2 Å². The van der Waals surface area contributed by atoms with E-state index in [0.29, 0.717) is 12.2 Å². The summed E-state index contributed by atoms with van der Waals surface area (Å²) in [4.78, 5) is 39.8. The molecule has 1 heterocycles. The number of carbonyl (C=O) groups excluding carboxylic acids is 2. The molecule has 5 rings (SSSR count). The largest absolute Gasteiger partial charge is 0.480 e. The first-order valence-corrected chi connectivity index (χ1v) is 13.3. The van der Waals surface area contributed by atoms with E-state index >= 15 is 0 Å². The monoisotopic (exact) mass is 494 g/mol. The Bertz CT molecular complexity index is 1090. The van der Waals surface area contributed by atoms with Crippen molar-refractivity contribution in [2.75, 3.05) is 12.4 Å². The Labute approximate surface area is 209 Å². The van der Waals surface area contributed by atoms with E-state index in [2.05, 4.69) is 29.6 Å². The van der Waals surface area contributed by atoms with E-state index < -0.39 is 24.1 Å². The first-order valence-electron chi connectivity index (χ1n) is 12.3. The predicted molar refractivity (Wildman–Crippen MR) is 134 cm³/mol. The summed E-state index contributed by atoms with van der Waals surface area (Å²) in [6.45, 7) is 2.11. The van der Waals surface area contributed by atoms with Crippen LogP contribution in [0.25, 0.3) is 11.1 Å². The third-order valence-corrected chi connectivity index (χ3v) is 8.94. The molecule has 184 valence electrons. The van der Waals surface area contributed by atoms with Crippen molar-refractivity contribution in [1.82, 2.24) is 10.2 Å². The number of carboxylic acids is 1. The van der Waals surface area contributed by atoms with Crippen LogP contribution in [0.2, 0.25) is 0 Å². The maximum absolute atomic E-state index is 13.6. The molecular weight excluding hydrogens is 464 g/mol. The molecule has 2 aliphatic carbocycles. The predicted octanol–water partition coefficient (Wildman–Crippen LogP) is 4.46. The normalized spacial score (nSPS) is 22.1. The van der Waals surface area contributed by atoms with E-state index in [9.17, 15) is 19.5 Å². The third kappa shape index (κ3) is 4.40. The summed E-state index contributed by atoms with van der Waals surface area (Å²) in [5.41, 5.74) is 4.54. The molecule has 35 heavy (non-hydrogen) atoms. The number of benzene rings is 2. The standard InChI is InChI=1S/C27H30N2O5S/c1-2-23-29(22(15-35-23)26(31)32)25(30)24(16-8-7-9-16)28-27(33)34-14-21-19-12-5-3-10-17(19)18-11-4-6-13-20(18)21/h3-6,10-13,16,21-24H,2,7-9,14-15H2,1H3,(H,28,33)(H,31,32). The summed E-state index contributed by atoms with van der Waals surface area (Å²) >= 11 is 1.48. The molecule has 2 fully saturated rings. The van der Waals surface area contributed by atoms with E-state index in [1.54, 1.807) is 0 Å². The zero-order valence-electron chi connectivity index (χ0n) is 19.7. The number of hydrogen-bond acceptors (Lipinski definition) is 5. The summed E-state index contributed by atoms with van der Waals surface area (Å²) in [5.74, 6) is -1.02. The summed E-state index contributed by atoms with van der Waals surface area (Å²) in [6.07, 6.45) is 2.67. The minimum Gasteiger partial charge on any atom is -0.480 e. The van der Waals surface area contributed by atoms with E-state index in [1.807, 2.05) is 31.2 Å². The Hall–Kier alpha value is -3.00. The molecule has 8 heteroatoms. The highest BCUT2D eigenvalue weighted by Crippen LogP contribution is 2.44. The van der Waals surface area contributed by atoms with E-state index in [4.69, 9.17) is 4.74 Å². The molecule has 1 saturated heterocycles. The zero-order chi connectivity index (χ0) is 24.5. The highest BCUT2D eigenvalue weighted by atomic mass is 32.2. The van der Waals surface area contributed by atoms with Crippen molar-refractivity contribution in [1.29, 1.82) is 0 Å². The van der Waals surface area contributed by atoms with Gasteiger partial charge in [0.15, 0.2) is 0 Å². The molecule has 2 amide bonds. The Morgan fingerprint density at radius 2 is 1.71 bits per heavy atom. The molecule has 2 N–H and O–H groups in total. The van der Waals surface area contributed by atoms with Crippen molar-refractivity contribution in [2.45, 2.75) is 56.0 Å². The number of nitrogens with zero attached hydrogens (tertiary/aromatic N) is 1. The number of hydrogen-bond donors (Lipinski definition) is 2. The van der Waals surface area contributed by atoms with Gasteiger partial charge >= 0.3 is 12.1 Å². The number of rotatable bonds is 7. The first-order chi connectivity index (χ1) is 17.0. The molecule has 1 aliphatic heterocycles. The maximum Gasteiger partial charge on any atom is 0.407 e. The number of thioether (sulfide) groups is 1. The maximum atomic E-state index is 13.6. The fraction of sp³-hybridized carbons (Fsp3) is 0.444. The fourth-order valence-electron chi connectivity index (χ4n) is 5.45. The van der Waals surface area contributed by atoms with Crippen molar-refractivity contribution in [2.24, 2.45) is 5.92 Å². The minimum absolute atomic E-state index is 0.000494. The van der Waals surface area contributed by atoms with Gasteiger partial charge in [0.2, 0.25) is 5.91 Å². The summed E-state index contributed by atoms with van der Waals surface area (Å²) in [6, 6.07) is 14.6. The van der Waals surface area contributed by atoms with Gasteiger partial charge in [0.25, 0.3) is 0 Å². The van der Waals surface area contributed by atoms with Crippen molar-refractivity contribution >= 4 is 29.7 Å². The van der Waals surface area contributed by atoms with Crippen LogP contribution >= 0.6 is 11.8 Å². The molecule has 2 aromatic carbocycles. The van der Waals surface area contributed by atoms with Crippen molar-refractivity contribution in [3.05, 3.63) is 59.7 Å². The lowest BCUT2D eigenvalue weighted by molar-refractivity contribution is -0.151. The van der Waals surface area contributed by atoms with Gasteiger partial charge in [0.05, 0.1) is 5.37 Å². The molecule has 7 nitrogen and oxygen atoms in total. The first kappa shape index (κ1) is 23.7. The van der Waals surface area contributed by atoms with Crippen LogP contribution in [0.15, 0.2) is 48.5 Å². The Kier molecular flexibility index (Phi) is 6.73. The van der Waals surface area contributed by atoms with Crippen LogP contribution in [-0.2, 0) is 14.3 Å². The van der Waals surface area contributed by atoms with E-state index in [-0.39, 0.29) is 29.7 Å². The van der Waals surface area contributed by atoms with Crippen LogP contribution in [-0.4, -0.2) is 57.8 Å². The van der Waals surface area contributed by atoms with Crippen LogP contribution in [0.3, 0.4) is 0 Å². The van der Waals surface area contributed by atoms with Crippen molar-refractivity contribution in [3.8, 4) is 11.1 Å². The summed E-state index contributed by atoms with van der Waals surface area (Å²) in [5, 5.41) is 12.3. The number of ether oxygens (including phenoxy) is 1. The Morgan fingerprint density at radius 3 is 2.26 bits per heavy atom. The topological polar surface area (TPSA) is 95.9 Å². The Morgan fingerprint density at radius 1 is 1.09 bits per heavy atom. The fourth-order valence-corrected chi connectivity index (χ4v) is 6.80. The molecular formula is C27H30N2O5S. The highest BCUT2D eigenvalue weighted by Gasteiger charge is 2.46. The number of fused-ring (bicyclic) bond motifs is 3. The van der Waals surface area contributed by atoms with Gasteiger partial charge in [-0.05, 0) is 47.4 Å². The van der Waals surface area contributed by atoms with E-state index in [1.165, 1.54) is 16.7 Å². The molecule has 2 aromatic rings. The zero-order valence-corrected chi connectivity index (χ0v) is 20.5. The third-order valence-electron chi connectivity index (χ3n) is 7.49. The second kappa shape index (κ2) is 9.93. The summed E-state index contributed by atoms with van der Waals surface area (Å²) in [7, 11) is 0.